The molecular weight excluding hydrogens is 164 g/mol. The van der Waals surface area contributed by atoms with Gasteiger partial charge >= 0.3 is 0 Å². The van der Waals surface area contributed by atoms with Gasteiger partial charge in [0.05, 0.1) is 12.2 Å². The van der Waals surface area contributed by atoms with Gasteiger partial charge in [0.25, 0.3) is 5.56 Å². The lowest BCUT2D eigenvalue weighted by Crippen LogP contribution is -2.16. The minimum atomic E-state index is -0.324. The Morgan fingerprint density at radius 2 is 2.45 bits per heavy atom. The first-order valence-electron chi connectivity index (χ1n) is 3.05. The van der Waals surface area contributed by atoms with Gasteiger partial charge in [-0.2, -0.15) is 0 Å². The number of hydrogen-bond acceptors (Lipinski definition) is 3. The number of H-pyrrole nitrogens is 1. The van der Waals surface area contributed by atoms with Crippen molar-refractivity contribution in [1.82, 2.24) is 9.55 Å². The molecule has 4 nitrogen and oxygen atoms in total. The fourth-order valence-corrected chi connectivity index (χ4v) is 0.875. The minimum absolute atomic E-state index is 0.265. The SMILES string of the molecule is Cn1cc(CO)c(=O)[nH]c1=S. The van der Waals surface area contributed by atoms with Crippen LogP contribution in [0.15, 0.2) is 11.0 Å². The van der Waals surface area contributed by atoms with Crippen LogP contribution in [0.2, 0.25) is 0 Å². The van der Waals surface area contributed by atoms with Crippen LogP contribution in [-0.4, -0.2) is 14.7 Å². The molecule has 0 bridgehead atoms. The highest BCUT2D eigenvalue weighted by Crippen LogP contribution is 1.88. The summed E-state index contributed by atoms with van der Waals surface area (Å²) in [4.78, 5) is 13.3. The number of aromatic amines is 1. The molecule has 0 unspecified atom stereocenters. The average Bonchev–Trinajstić information content (AvgIpc) is 1.97. The Labute approximate surface area is 68.1 Å². The van der Waals surface area contributed by atoms with Crippen molar-refractivity contribution in [3.05, 3.63) is 26.9 Å². The molecule has 11 heavy (non-hydrogen) atoms. The molecule has 2 N–H and O–H groups in total. The van der Waals surface area contributed by atoms with E-state index in [1.165, 1.54) is 6.20 Å². The van der Waals surface area contributed by atoms with Gasteiger partial charge in [-0.1, -0.05) is 0 Å². The van der Waals surface area contributed by atoms with Crippen molar-refractivity contribution in [2.24, 2.45) is 7.05 Å². The van der Waals surface area contributed by atoms with Gasteiger partial charge in [-0.3, -0.25) is 9.78 Å². The highest BCUT2D eigenvalue weighted by Gasteiger charge is 1.97. The van der Waals surface area contributed by atoms with E-state index in [2.05, 4.69) is 4.98 Å². The van der Waals surface area contributed by atoms with Crippen LogP contribution in [0.4, 0.5) is 0 Å². The average molecular weight is 172 g/mol. The highest BCUT2D eigenvalue weighted by molar-refractivity contribution is 7.71. The fraction of sp³-hybridized carbons (Fsp3) is 0.333. The van der Waals surface area contributed by atoms with Crippen molar-refractivity contribution in [3.8, 4) is 0 Å². The molecule has 0 saturated heterocycles. The number of hydrogen-bond donors (Lipinski definition) is 2. The second-order valence-corrected chi connectivity index (χ2v) is 2.57. The predicted molar refractivity (Wildman–Crippen MR) is 42.8 cm³/mol. The van der Waals surface area contributed by atoms with Crippen molar-refractivity contribution >= 4 is 12.2 Å². The predicted octanol–water partition coefficient (Wildman–Crippen LogP) is -0.0648. The van der Waals surface area contributed by atoms with Crippen LogP contribution in [0.5, 0.6) is 0 Å². The molecule has 0 aliphatic rings. The maximum atomic E-state index is 10.9. The molecular formula is C6H8N2O2S. The smallest absolute Gasteiger partial charge is 0.257 e. The summed E-state index contributed by atoms with van der Waals surface area (Å²) in [7, 11) is 1.71. The summed E-state index contributed by atoms with van der Waals surface area (Å²) in [6.45, 7) is -0.265. The fourth-order valence-electron chi connectivity index (χ4n) is 0.729. The van der Waals surface area contributed by atoms with E-state index >= 15 is 0 Å². The summed E-state index contributed by atoms with van der Waals surface area (Å²) in [5, 5.41) is 8.67. The van der Waals surface area contributed by atoms with Crippen LogP contribution in [0.3, 0.4) is 0 Å². The Balaban J connectivity index is 3.45. The van der Waals surface area contributed by atoms with Crippen molar-refractivity contribution in [1.29, 1.82) is 0 Å². The Kier molecular flexibility index (Phi) is 2.21. The van der Waals surface area contributed by atoms with Crippen LogP contribution in [0.25, 0.3) is 0 Å². The molecule has 1 rings (SSSR count). The monoisotopic (exact) mass is 172 g/mol. The topological polar surface area (TPSA) is 58.0 Å². The van der Waals surface area contributed by atoms with Crippen LogP contribution < -0.4 is 5.56 Å². The van der Waals surface area contributed by atoms with E-state index in [4.69, 9.17) is 17.3 Å². The van der Waals surface area contributed by atoms with Crippen molar-refractivity contribution in [2.75, 3.05) is 0 Å². The third kappa shape index (κ3) is 1.55. The van der Waals surface area contributed by atoms with Crippen LogP contribution in [0, 0.1) is 4.77 Å². The summed E-state index contributed by atoms with van der Waals surface area (Å²) in [5.41, 5.74) is -0.00306. The summed E-state index contributed by atoms with van der Waals surface area (Å²) >= 11 is 4.77. The standard InChI is InChI=1S/C6H8N2O2S/c1-8-2-4(3-9)5(10)7-6(8)11/h2,9H,3H2,1H3,(H,7,10,11). The molecule has 0 spiro atoms. The van der Waals surface area contributed by atoms with Gasteiger partial charge < -0.3 is 9.67 Å². The first-order valence-corrected chi connectivity index (χ1v) is 3.45. The summed E-state index contributed by atoms with van der Waals surface area (Å²) in [6.07, 6.45) is 1.52. The van der Waals surface area contributed by atoms with E-state index < -0.39 is 0 Å². The number of nitrogens with one attached hydrogen (secondary N) is 1. The maximum absolute atomic E-state index is 10.9. The molecule has 0 radical (unpaired) electrons. The molecule has 0 saturated carbocycles. The lowest BCUT2D eigenvalue weighted by molar-refractivity contribution is 0.279. The molecule has 60 valence electrons. The largest absolute Gasteiger partial charge is 0.391 e. The zero-order chi connectivity index (χ0) is 8.43. The second-order valence-electron chi connectivity index (χ2n) is 2.18. The van der Waals surface area contributed by atoms with E-state index in [9.17, 15) is 4.79 Å². The minimum Gasteiger partial charge on any atom is -0.391 e. The van der Waals surface area contributed by atoms with Gasteiger partial charge in [-0.15, -0.1) is 0 Å². The van der Waals surface area contributed by atoms with E-state index in [0.717, 1.165) is 0 Å². The highest BCUT2D eigenvalue weighted by atomic mass is 32.1. The Morgan fingerprint density at radius 1 is 1.82 bits per heavy atom. The number of nitrogens with zero attached hydrogens (tertiary/aromatic N) is 1. The molecule has 0 aliphatic heterocycles. The molecule has 1 heterocycles. The van der Waals surface area contributed by atoms with E-state index in [-0.39, 0.29) is 12.2 Å². The molecule has 1 aromatic heterocycles. The maximum Gasteiger partial charge on any atom is 0.257 e. The van der Waals surface area contributed by atoms with Crippen LogP contribution in [0.1, 0.15) is 5.56 Å². The number of aryl methyl sites for hydroxylation is 1. The number of aliphatic hydroxyl groups excluding tert-OH is 1. The number of rotatable bonds is 1. The van der Waals surface area contributed by atoms with Gasteiger partial charge in [0, 0.05) is 13.2 Å². The third-order valence-corrected chi connectivity index (χ3v) is 1.74. The molecule has 5 heteroatoms. The van der Waals surface area contributed by atoms with Gasteiger partial charge in [0.1, 0.15) is 0 Å². The zero-order valence-electron chi connectivity index (χ0n) is 6.00. The molecule has 0 fully saturated rings. The summed E-state index contributed by atoms with van der Waals surface area (Å²) < 4.78 is 1.93. The normalized spacial score (nSPS) is 10.0. The zero-order valence-corrected chi connectivity index (χ0v) is 6.81. The van der Waals surface area contributed by atoms with Gasteiger partial charge in [-0.05, 0) is 12.2 Å². The number of aliphatic hydroxyl groups is 1. The summed E-state index contributed by atoms with van der Waals surface area (Å²) in [5.74, 6) is 0. The molecule has 0 aromatic carbocycles. The van der Waals surface area contributed by atoms with Crippen LogP contribution in [-0.2, 0) is 13.7 Å². The van der Waals surface area contributed by atoms with Crippen molar-refractivity contribution in [3.63, 3.8) is 0 Å². The van der Waals surface area contributed by atoms with Gasteiger partial charge in [-0.25, -0.2) is 0 Å². The lowest BCUT2D eigenvalue weighted by Gasteiger charge is -1.99. The van der Waals surface area contributed by atoms with Gasteiger partial charge in [0.2, 0.25) is 0 Å². The van der Waals surface area contributed by atoms with Gasteiger partial charge in [0.15, 0.2) is 4.77 Å². The summed E-state index contributed by atoms with van der Waals surface area (Å²) in [6, 6.07) is 0. The lowest BCUT2D eigenvalue weighted by atomic mass is 10.4. The first kappa shape index (κ1) is 8.16. The molecule has 1 aromatic rings. The quantitative estimate of drug-likeness (QED) is 0.583. The Morgan fingerprint density at radius 3 is 3.00 bits per heavy atom. The van der Waals surface area contributed by atoms with Crippen molar-refractivity contribution in [2.45, 2.75) is 6.61 Å². The van der Waals surface area contributed by atoms with Crippen molar-refractivity contribution < 1.29 is 5.11 Å². The first-order chi connectivity index (χ1) is 5.15. The molecule has 0 amide bonds. The number of aromatic nitrogens is 2. The second kappa shape index (κ2) is 2.98. The molecule has 0 aliphatic carbocycles. The van der Waals surface area contributed by atoms with E-state index in [1.807, 2.05) is 0 Å². The third-order valence-electron chi connectivity index (χ3n) is 1.35. The Bertz CT molecular complexity index is 366. The van der Waals surface area contributed by atoms with E-state index in [1.54, 1.807) is 11.6 Å². The van der Waals surface area contributed by atoms with Crippen LogP contribution >= 0.6 is 12.2 Å². The Hall–Kier alpha value is -0.940. The van der Waals surface area contributed by atoms with E-state index in [0.29, 0.717) is 10.3 Å². The molecule has 0 atom stereocenters.